The molecule has 0 amide bonds. The van der Waals surface area contributed by atoms with Crippen LogP contribution in [0.2, 0.25) is 0 Å². The zero-order valence-corrected chi connectivity index (χ0v) is 15.1. The molecule has 2 N–H and O–H groups in total. The van der Waals surface area contributed by atoms with Crippen LogP contribution < -0.4 is 5.73 Å². The minimum absolute atomic E-state index is 0.449. The second-order valence-corrected chi connectivity index (χ2v) is 8.32. The van der Waals surface area contributed by atoms with Crippen molar-refractivity contribution in [3.05, 3.63) is 58.7 Å². The van der Waals surface area contributed by atoms with Gasteiger partial charge in [-0.15, -0.1) is 0 Å². The molecule has 1 fully saturated rings. The second kappa shape index (κ2) is 6.52. The van der Waals surface area contributed by atoms with Crippen molar-refractivity contribution >= 4 is 0 Å². The molecule has 0 aromatic heterocycles. The Labute approximate surface area is 147 Å². The summed E-state index contributed by atoms with van der Waals surface area (Å²) in [4.78, 5) is 0. The molecule has 0 heterocycles. The van der Waals surface area contributed by atoms with Gasteiger partial charge in [0.05, 0.1) is 0 Å². The SMILES string of the molecule is CC1CCCC2=CC(C3(CN)CC3)CC=C2CCc2ccccc21. The van der Waals surface area contributed by atoms with Crippen LogP contribution >= 0.6 is 0 Å². The maximum atomic E-state index is 6.09. The third-order valence-corrected chi connectivity index (χ3v) is 6.85. The fourth-order valence-corrected chi connectivity index (χ4v) is 4.90. The van der Waals surface area contributed by atoms with Gasteiger partial charge in [-0.25, -0.2) is 0 Å². The summed E-state index contributed by atoms with van der Waals surface area (Å²) in [6, 6.07) is 9.11. The van der Waals surface area contributed by atoms with Crippen LogP contribution in [0.4, 0.5) is 0 Å². The van der Waals surface area contributed by atoms with E-state index in [2.05, 4.69) is 43.3 Å². The summed E-state index contributed by atoms with van der Waals surface area (Å²) < 4.78 is 0. The second-order valence-electron chi connectivity index (χ2n) is 8.32. The van der Waals surface area contributed by atoms with Gasteiger partial charge in [0.1, 0.15) is 0 Å². The summed E-state index contributed by atoms with van der Waals surface area (Å²) >= 11 is 0. The molecule has 0 spiro atoms. The van der Waals surface area contributed by atoms with E-state index in [9.17, 15) is 0 Å². The predicted octanol–water partition coefficient (Wildman–Crippen LogP) is 5.52. The average molecular weight is 322 g/mol. The van der Waals surface area contributed by atoms with Crippen molar-refractivity contribution < 1.29 is 0 Å². The van der Waals surface area contributed by atoms with Crippen LogP contribution in [0.3, 0.4) is 0 Å². The number of allylic oxidation sites excluding steroid dienone is 4. The predicted molar refractivity (Wildman–Crippen MR) is 102 cm³/mol. The molecule has 128 valence electrons. The standard InChI is InChI=1S/C23H31N/c1-17-5-4-7-20-15-21(23(16-24)13-14-23)12-11-18(20)9-10-19-6-2-3-8-22(17)19/h2-3,6,8,11,15,17,21H,4-5,7,9-10,12-14,16,24H2,1H3. The van der Waals surface area contributed by atoms with Gasteiger partial charge in [0.2, 0.25) is 0 Å². The van der Waals surface area contributed by atoms with Crippen LogP contribution in [0.1, 0.15) is 68.9 Å². The first-order chi connectivity index (χ1) is 11.7. The third kappa shape index (κ3) is 2.99. The molecule has 4 rings (SSSR count). The zero-order chi connectivity index (χ0) is 16.6. The summed E-state index contributed by atoms with van der Waals surface area (Å²) in [5, 5.41) is 0. The highest BCUT2D eigenvalue weighted by Gasteiger charge is 2.47. The largest absolute Gasteiger partial charge is 0.330 e. The van der Waals surface area contributed by atoms with Crippen LogP contribution in [0.15, 0.2) is 47.6 Å². The van der Waals surface area contributed by atoms with E-state index in [1.807, 2.05) is 0 Å². The Balaban J connectivity index is 1.58. The number of hydrogen-bond acceptors (Lipinski definition) is 1. The molecule has 0 radical (unpaired) electrons. The van der Waals surface area contributed by atoms with Crippen LogP contribution in [0.5, 0.6) is 0 Å². The lowest BCUT2D eigenvalue weighted by molar-refractivity contribution is 0.375. The first-order valence-corrected chi connectivity index (χ1v) is 9.90. The third-order valence-electron chi connectivity index (χ3n) is 6.85. The van der Waals surface area contributed by atoms with Crippen molar-refractivity contribution in [2.75, 3.05) is 6.54 Å². The highest BCUT2D eigenvalue weighted by atomic mass is 14.7. The quantitative estimate of drug-likeness (QED) is 0.762. The van der Waals surface area contributed by atoms with Gasteiger partial charge in [0.15, 0.2) is 0 Å². The maximum absolute atomic E-state index is 6.09. The molecule has 0 saturated heterocycles. The average Bonchev–Trinajstić information content (AvgIpc) is 3.42. The van der Waals surface area contributed by atoms with Crippen molar-refractivity contribution in [1.82, 2.24) is 0 Å². The normalized spacial score (nSPS) is 28.9. The summed E-state index contributed by atoms with van der Waals surface area (Å²) in [6.07, 6.45) is 15.3. The Morgan fingerprint density at radius 1 is 1.08 bits per heavy atom. The van der Waals surface area contributed by atoms with Crippen LogP contribution in [0.25, 0.3) is 0 Å². The molecular formula is C23H31N. The van der Waals surface area contributed by atoms with Gasteiger partial charge < -0.3 is 5.73 Å². The van der Waals surface area contributed by atoms with Gasteiger partial charge in [-0.2, -0.15) is 0 Å². The lowest BCUT2D eigenvalue weighted by atomic mass is 9.76. The van der Waals surface area contributed by atoms with E-state index in [-0.39, 0.29) is 0 Å². The first kappa shape index (κ1) is 16.1. The molecule has 1 heteroatoms. The summed E-state index contributed by atoms with van der Waals surface area (Å²) in [7, 11) is 0. The number of rotatable bonds is 2. The molecule has 1 nitrogen and oxygen atoms in total. The molecular weight excluding hydrogens is 290 g/mol. The van der Waals surface area contributed by atoms with Crippen molar-refractivity contribution in [2.45, 2.75) is 64.2 Å². The van der Waals surface area contributed by atoms with Gasteiger partial charge in [0, 0.05) is 0 Å². The lowest BCUT2D eigenvalue weighted by Crippen LogP contribution is -2.25. The lowest BCUT2D eigenvalue weighted by Gasteiger charge is -2.29. The fraction of sp³-hybridized carbons (Fsp3) is 0.565. The minimum atomic E-state index is 0.449. The number of benzene rings is 1. The van der Waals surface area contributed by atoms with Crippen molar-refractivity contribution in [2.24, 2.45) is 17.1 Å². The molecule has 3 aliphatic carbocycles. The highest BCUT2D eigenvalue weighted by molar-refractivity contribution is 5.39. The van der Waals surface area contributed by atoms with E-state index in [0.29, 0.717) is 17.3 Å². The van der Waals surface area contributed by atoms with Gasteiger partial charge in [-0.3, -0.25) is 0 Å². The first-order valence-electron chi connectivity index (χ1n) is 9.90. The van der Waals surface area contributed by atoms with Gasteiger partial charge in [-0.1, -0.05) is 43.3 Å². The fourth-order valence-electron chi connectivity index (χ4n) is 4.90. The number of hydrogen-bond donors (Lipinski definition) is 1. The zero-order valence-electron chi connectivity index (χ0n) is 15.1. The Morgan fingerprint density at radius 3 is 2.71 bits per heavy atom. The molecule has 2 atom stereocenters. The van der Waals surface area contributed by atoms with Crippen LogP contribution in [0, 0.1) is 11.3 Å². The Bertz CT molecular complexity index is 662. The van der Waals surface area contributed by atoms with Crippen molar-refractivity contribution in [1.29, 1.82) is 0 Å². The van der Waals surface area contributed by atoms with Crippen LogP contribution in [-0.2, 0) is 6.42 Å². The molecule has 1 aromatic rings. The van der Waals surface area contributed by atoms with Gasteiger partial charge in [0.25, 0.3) is 0 Å². The maximum Gasteiger partial charge on any atom is -0.00148 e. The van der Waals surface area contributed by atoms with E-state index in [1.54, 1.807) is 22.3 Å². The molecule has 3 aliphatic rings. The molecule has 1 saturated carbocycles. The van der Waals surface area contributed by atoms with Crippen molar-refractivity contribution in [3.63, 3.8) is 0 Å². The highest BCUT2D eigenvalue weighted by Crippen LogP contribution is 2.54. The molecule has 0 aliphatic heterocycles. The summed E-state index contributed by atoms with van der Waals surface area (Å²) in [6.45, 7) is 3.28. The smallest absolute Gasteiger partial charge is 0.00148 e. The van der Waals surface area contributed by atoms with Crippen LogP contribution in [-0.4, -0.2) is 6.54 Å². The molecule has 2 unspecified atom stereocenters. The summed E-state index contributed by atoms with van der Waals surface area (Å²) in [5.74, 6) is 1.39. The molecule has 0 bridgehead atoms. The van der Waals surface area contributed by atoms with Gasteiger partial charge in [-0.05, 0) is 97.4 Å². The topological polar surface area (TPSA) is 26.0 Å². The van der Waals surface area contributed by atoms with Gasteiger partial charge >= 0.3 is 0 Å². The molecule has 1 aromatic carbocycles. The Hall–Kier alpha value is -1.34. The van der Waals surface area contributed by atoms with E-state index in [1.165, 1.54) is 51.4 Å². The Morgan fingerprint density at radius 2 is 1.92 bits per heavy atom. The molecule has 24 heavy (non-hydrogen) atoms. The number of aryl methyl sites for hydroxylation is 1. The van der Waals surface area contributed by atoms with E-state index in [0.717, 1.165) is 6.54 Å². The van der Waals surface area contributed by atoms with Crippen molar-refractivity contribution in [3.8, 4) is 0 Å². The summed E-state index contributed by atoms with van der Waals surface area (Å²) in [5.41, 5.74) is 13.0. The number of fused-ring (bicyclic) bond motifs is 2. The monoisotopic (exact) mass is 321 g/mol. The Kier molecular flexibility index (Phi) is 4.39. The minimum Gasteiger partial charge on any atom is -0.330 e. The van der Waals surface area contributed by atoms with E-state index < -0.39 is 0 Å². The van der Waals surface area contributed by atoms with E-state index >= 15 is 0 Å². The number of nitrogens with two attached hydrogens (primary N) is 1. The van der Waals surface area contributed by atoms with E-state index in [4.69, 9.17) is 5.73 Å².